The van der Waals surface area contributed by atoms with Gasteiger partial charge in [0, 0.05) is 18.3 Å². The second-order valence-electron chi connectivity index (χ2n) is 4.21. The lowest BCUT2D eigenvalue weighted by Crippen LogP contribution is -1.96. The number of aromatic nitrogens is 3. The molecule has 100 valence electrons. The third kappa shape index (κ3) is 2.05. The maximum atomic E-state index is 11.0. The standard InChI is InChI=1S/C13H10N4O3/c1-9-3-2-4-11(17(18)19)13(9)20-10-5-6-16-12(7-10)14-8-15-16/h2-8H,1H3. The predicted octanol–water partition coefficient (Wildman–Crippen LogP) is 2.74. The topological polar surface area (TPSA) is 82.6 Å². The summed E-state index contributed by atoms with van der Waals surface area (Å²) >= 11 is 0. The second kappa shape index (κ2) is 4.61. The Kier molecular flexibility index (Phi) is 2.79. The Labute approximate surface area is 113 Å². The summed E-state index contributed by atoms with van der Waals surface area (Å²) < 4.78 is 7.24. The van der Waals surface area contributed by atoms with Crippen molar-refractivity contribution >= 4 is 11.3 Å². The summed E-state index contributed by atoms with van der Waals surface area (Å²) in [5, 5.41) is 15.0. The molecule has 0 radical (unpaired) electrons. The van der Waals surface area contributed by atoms with Crippen molar-refractivity contribution in [3.63, 3.8) is 0 Å². The van der Waals surface area contributed by atoms with Crippen LogP contribution in [0.5, 0.6) is 11.5 Å². The zero-order chi connectivity index (χ0) is 14.1. The molecule has 20 heavy (non-hydrogen) atoms. The molecular formula is C13H10N4O3. The summed E-state index contributed by atoms with van der Waals surface area (Å²) in [5.74, 6) is 0.712. The summed E-state index contributed by atoms with van der Waals surface area (Å²) in [6.07, 6.45) is 3.11. The molecule has 3 aromatic rings. The van der Waals surface area contributed by atoms with Crippen molar-refractivity contribution in [2.45, 2.75) is 6.92 Å². The lowest BCUT2D eigenvalue weighted by molar-refractivity contribution is -0.385. The molecule has 0 aliphatic carbocycles. The van der Waals surface area contributed by atoms with E-state index >= 15 is 0 Å². The van der Waals surface area contributed by atoms with E-state index < -0.39 is 4.92 Å². The van der Waals surface area contributed by atoms with Gasteiger partial charge < -0.3 is 4.74 Å². The van der Waals surface area contributed by atoms with Gasteiger partial charge in [0.15, 0.2) is 5.65 Å². The van der Waals surface area contributed by atoms with E-state index in [1.807, 2.05) is 0 Å². The molecule has 0 aliphatic heterocycles. The average molecular weight is 270 g/mol. The molecular weight excluding hydrogens is 260 g/mol. The molecule has 0 saturated heterocycles. The van der Waals surface area contributed by atoms with Gasteiger partial charge in [-0.2, -0.15) is 5.10 Å². The SMILES string of the molecule is Cc1cccc([N+](=O)[O-])c1Oc1ccn2ncnc2c1. The minimum atomic E-state index is -0.460. The first-order valence-corrected chi connectivity index (χ1v) is 5.86. The third-order valence-electron chi connectivity index (χ3n) is 2.86. The van der Waals surface area contributed by atoms with Crippen molar-refractivity contribution in [3.05, 3.63) is 58.5 Å². The van der Waals surface area contributed by atoms with Gasteiger partial charge in [-0.05, 0) is 18.6 Å². The van der Waals surface area contributed by atoms with Crippen LogP contribution in [-0.2, 0) is 0 Å². The Morgan fingerprint density at radius 1 is 1.35 bits per heavy atom. The smallest absolute Gasteiger partial charge is 0.311 e. The number of rotatable bonds is 3. The number of benzene rings is 1. The van der Waals surface area contributed by atoms with Crippen LogP contribution >= 0.6 is 0 Å². The Hall–Kier alpha value is -2.96. The number of pyridine rings is 1. The number of hydrogen-bond acceptors (Lipinski definition) is 5. The fraction of sp³-hybridized carbons (Fsp3) is 0.0769. The minimum Gasteiger partial charge on any atom is -0.450 e. The van der Waals surface area contributed by atoms with Gasteiger partial charge in [0.05, 0.1) is 4.92 Å². The highest BCUT2D eigenvalue weighted by atomic mass is 16.6. The van der Waals surface area contributed by atoms with E-state index in [1.165, 1.54) is 12.4 Å². The number of para-hydroxylation sites is 1. The van der Waals surface area contributed by atoms with E-state index in [-0.39, 0.29) is 11.4 Å². The first-order valence-electron chi connectivity index (χ1n) is 5.86. The summed E-state index contributed by atoms with van der Waals surface area (Å²) in [6.45, 7) is 1.76. The van der Waals surface area contributed by atoms with E-state index in [0.717, 1.165) is 0 Å². The summed E-state index contributed by atoms with van der Waals surface area (Å²) in [5.41, 5.74) is 1.24. The van der Waals surface area contributed by atoms with E-state index in [4.69, 9.17) is 4.74 Å². The van der Waals surface area contributed by atoms with Crippen LogP contribution in [0.2, 0.25) is 0 Å². The molecule has 0 atom stereocenters. The molecule has 0 unspecified atom stereocenters. The quantitative estimate of drug-likeness (QED) is 0.539. The molecule has 7 nitrogen and oxygen atoms in total. The fourth-order valence-corrected chi connectivity index (χ4v) is 1.89. The number of nitrogens with zero attached hydrogens (tertiary/aromatic N) is 4. The number of fused-ring (bicyclic) bond motifs is 1. The Morgan fingerprint density at radius 2 is 2.20 bits per heavy atom. The summed E-state index contributed by atoms with van der Waals surface area (Å²) in [4.78, 5) is 14.6. The van der Waals surface area contributed by atoms with Gasteiger partial charge >= 0.3 is 5.69 Å². The molecule has 0 spiro atoms. The van der Waals surface area contributed by atoms with Crippen LogP contribution in [-0.4, -0.2) is 19.5 Å². The highest BCUT2D eigenvalue weighted by Gasteiger charge is 2.17. The lowest BCUT2D eigenvalue weighted by Gasteiger charge is -2.08. The zero-order valence-corrected chi connectivity index (χ0v) is 10.6. The van der Waals surface area contributed by atoms with Gasteiger partial charge in [0.2, 0.25) is 5.75 Å². The van der Waals surface area contributed by atoms with Crippen molar-refractivity contribution in [1.29, 1.82) is 0 Å². The van der Waals surface area contributed by atoms with Crippen LogP contribution in [0.1, 0.15) is 5.56 Å². The molecule has 1 aromatic carbocycles. The highest BCUT2D eigenvalue weighted by molar-refractivity contribution is 5.54. The number of hydrogen-bond donors (Lipinski definition) is 0. The van der Waals surface area contributed by atoms with Crippen LogP contribution < -0.4 is 4.74 Å². The van der Waals surface area contributed by atoms with Gasteiger partial charge in [-0.25, -0.2) is 9.50 Å². The first kappa shape index (κ1) is 12.1. The van der Waals surface area contributed by atoms with Gasteiger partial charge in [0.25, 0.3) is 0 Å². The Bertz CT molecular complexity index is 797. The van der Waals surface area contributed by atoms with Gasteiger partial charge in [0.1, 0.15) is 12.1 Å². The monoisotopic (exact) mass is 270 g/mol. The molecule has 3 rings (SSSR count). The second-order valence-corrected chi connectivity index (χ2v) is 4.21. The molecule has 0 aliphatic rings. The Morgan fingerprint density at radius 3 is 3.00 bits per heavy atom. The molecule has 0 bridgehead atoms. The molecule has 7 heteroatoms. The van der Waals surface area contributed by atoms with Gasteiger partial charge in [-0.15, -0.1) is 0 Å². The van der Waals surface area contributed by atoms with E-state index in [9.17, 15) is 10.1 Å². The fourth-order valence-electron chi connectivity index (χ4n) is 1.89. The highest BCUT2D eigenvalue weighted by Crippen LogP contribution is 2.34. The van der Waals surface area contributed by atoms with Crippen molar-refractivity contribution in [2.75, 3.05) is 0 Å². The minimum absolute atomic E-state index is 0.0636. The largest absolute Gasteiger partial charge is 0.450 e. The number of ether oxygens (including phenoxy) is 1. The van der Waals surface area contributed by atoms with Crippen LogP contribution in [0.4, 0.5) is 5.69 Å². The van der Waals surface area contributed by atoms with Gasteiger partial charge in [-0.1, -0.05) is 12.1 Å². The Balaban J connectivity index is 2.04. The molecule has 0 saturated carbocycles. The van der Waals surface area contributed by atoms with E-state index in [1.54, 1.807) is 41.9 Å². The maximum absolute atomic E-state index is 11.0. The summed E-state index contributed by atoms with van der Waals surface area (Å²) in [7, 11) is 0. The molecule has 0 fully saturated rings. The third-order valence-corrected chi connectivity index (χ3v) is 2.86. The van der Waals surface area contributed by atoms with Crippen LogP contribution in [0.25, 0.3) is 5.65 Å². The van der Waals surface area contributed by atoms with Crippen molar-refractivity contribution < 1.29 is 9.66 Å². The number of nitro groups is 1. The van der Waals surface area contributed by atoms with Crippen LogP contribution in [0.3, 0.4) is 0 Å². The van der Waals surface area contributed by atoms with Crippen LogP contribution in [0.15, 0.2) is 42.9 Å². The van der Waals surface area contributed by atoms with Crippen molar-refractivity contribution in [2.24, 2.45) is 0 Å². The maximum Gasteiger partial charge on any atom is 0.311 e. The molecule has 0 amide bonds. The van der Waals surface area contributed by atoms with Crippen molar-refractivity contribution in [1.82, 2.24) is 14.6 Å². The summed E-state index contributed by atoms with van der Waals surface area (Å²) in [6, 6.07) is 8.15. The predicted molar refractivity (Wildman–Crippen MR) is 70.9 cm³/mol. The van der Waals surface area contributed by atoms with Crippen molar-refractivity contribution in [3.8, 4) is 11.5 Å². The van der Waals surface area contributed by atoms with Crippen LogP contribution in [0, 0.1) is 17.0 Å². The lowest BCUT2D eigenvalue weighted by atomic mass is 10.2. The average Bonchev–Trinajstić information content (AvgIpc) is 2.88. The molecule has 2 aromatic heterocycles. The first-order chi connectivity index (χ1) is 9.65. The molecule has 0 N–H and O–H groups in total. The normalized spacial score (nSPS) is 10.7. The number of nitro benzene ring substituents is 1. The van der Waals surface area contributed by atoms with E-state index in [2.05, 4.69) is 10.1 Å². The zero-order valence-electron chi connectivity index (χ0n) is 10.6. The molecule has 2 heterocycles. The van der Waals surface area contributed by atoms with E-state index in [0.29, 0.717) is 17.0 Å². The number of aryl methyl sites for hydroxylation is 1. The van der Waals surface area contributed by atoms with Gasteiger partial charge in [-0.3, -0.25) is 10.1 Å².